The maximum absolute atomic E-state index is 3.64. The predicted molar refractivity (Wildman–Crippen MR) is 97.2 cm³/mol. The van der Waals surface area contributed by atoms with Gasteiger partial charge in [0.2, 0.25) is 0 Å². The van der Waals surface area contributed by atoms with E-state index in [-0.39, 0.29) is 5.54 Å². The number of anilines is 1. The molecule has 0 radical (unpaired) electrons. The second-order valence-electron chi connectivity index (χ2n) is 7.59. The molecule has 0 saturated heterocycles. The number of likely N-dealkylation sites (N-methyl/N-ethyl adjacent to an activating group) is 1. The first-order chi connectivity index (χ1) is 10.2. The van der Waals surface area contributed by atoms with E-state index in [1.807, 2.05) is 0 Å². The van der Waals surface area contributed by atoms with Gasteiger partial charge in [-0.3, -0.25) is 0 Å². The summed E-state index contributed by atoms with van der Waals surface area (Å²) in [6.45, 7) is 11.2. The van der Waals surface area contributed by atoms with E-state index in [1.54, 1.807) is 0 Å². The monoisotopic (exact) mass is 298 g/mol. The van der Waals surface area contributed by atoms with E-state index in [4.69, 9.17) is 0 Å². The Bertz CT molecular complexity index is 600. The van der Waals surface area contributed by atoms with Crippen molar-refractivity contribution in [2.45, 2.75) is 46.6 Å². The minimum Gasteiger partial charge on any atom is -0.380 e. The SMILES string of the molecule is CC1=C(Cc2ccccc2NC(C)(C)C)C(C)C=C1N(C)C. The molecule has 0 aromatic heterocycles. The Balaban J connectivity index is 2.29. The van der Waals surface area contributed by atoms with Crippen molar-refractivity contribution in [3.63, 3.8) is 0 Å². The van der Waals surface area contributed by atoms with Crippen LogP contribution in [-0.4, -0.2) is 24.5 Å². The fourth-order valence-electron chi connectivity index (χ4n) is 3.15. The van der Waals surface area contributed by atoms with Gasteiger partial charge in [0.15, 0.2) is 0 Å². The van der Waals surface area contributed by atoms with E-state index in [1.165, 1.54) is 28.1 Å². The second kappa shape index (κ2) is 6.20. The molecule has 0 heterocycles. The molecular formula is C20H30N2. The zero-order valence-corrected chi connectivity index (χ0v) is 15.1. The minimum absolute atomic E-state index is 0.0772. The molecule has 0 amide bonds. The highest BCUT2D eigenvalue weighted by atomic mass is 15.1. The van der Waals surface area contributed by atoms with Gasteiger partial charge in [-0.2, -0.15) is 0 Å². The topological polar surface area (TPSA) is 15.3 Å². The third kappa shape index (κ3) is 3.73. The summed E-state index contributed by atoms with van der Waals surface area (Å²) in [4.78, 5) is 2.22. The summed E-state index contributed by atoms with van der Waals surface area (Å²) in [7, 11) is 4.25. The third-order valence-corrected chi connectivity index (χ3v) is 4.21. The molecule has 0 saturated carbocycles. The Morgan fingerprint density at radius 1 is 1.14 bits per heavy atom. The molecule has 1 aliphatic rings. The summed E-state index contributed by atoms with van der Waals surface area (Å²) in [5, 5.41) is 3.64. The molecule has 1 unspecified atom stereocenters. The molecule has 1 N–H and O–H groups in total. The van der Waals surface area contributed by atoms with Crippen molar-refractivity contribution in [2.24, 2.45) is 5.92 Å². The molecule has 0 fully saturated rings. The summed E-state index contributed by atoms with van der Waals surface area (Å²) < 4.78 is 0. The van der Waals surface area contributed by atoms with Crippen molar-refractivity contribution >= 4 is 5.69 Å². The quantitative estimate of drug-likeness (QED) is 0.854. The molecule has 0 aliphatic heterocycles. The zero-order chi connectivity index (χ0) is 16.5. The predicted octanol–water partition coefficient (Wildman–Crippen LogP) is 4.85. The van der Waals surface area contributed by atoms with Gasteiger partial charge >= 0.3 is 0 Å². The summed E-state index contributed by atoms with van der Waals surface area (Å²) in [6, 6.07) is 8.68. The average molecular weight is 298 g/mol. The fourth-order valence-corrected chi connectivity index (χ4v) is 3.15. The number of hydrogen-bond donors (Lipinski definition) is 1. The van der Waals surface area contributed by atoms with Gasteiger partial charge in [-0.15, -0.1) is 0 Å². The van der Waals surface area contributed by atoms with E-state index in [2.05, 4.69) is 89.3 Å². The Kier molecular flexibility index (Phi) is 4.69. The third-order valence-electron chi connectivity index (χ3n) is 4.21. The van der Waals surface area contributed by atoms with Gasteiger partial charge in [-0.25, -0.2) is 0 Å². The van der Waals surface area contributed by atoms with Crippen molar-refractivity contribution in [3.05, 3.63) is 52.7 Å². The molecule has 0 spiro atoms. The van der Waals surface area contributed by atoms with Crippen molar-refractivity contribution in [1.29, 1.82) is 0 Å². The number of allylic oxidation sites excluding steroid dienone is 3. The van der Waals surface area contributed by atoms with Crippen LogP contribution in [0.25, 0.3) is 0 Å². The number of benzene rings is 1. The molecule has 2 nitrogen and oxygen atoms in total. The van der Waals surface area contributed by atoms with Crippen molar-refractivity contribution in [1.82, 2.24) is 4.90 Å². The highest BCUT2D eigenvalue weighted by molar-refractivity contribution is 5.55. The normalized spacial score (nSPS) is 18.5. The van der Waals surface area contributed by atoms with Crippen LogP contribution < -0.4 is 5.32 Å². The Labute approximate surface area is 135 Å². The number of rotatable bonds is 4. The number of para-hydroxylation sites is 1. The summed E-state index contributed by atoms with van der Waals surface area (Å²) in [6.07, 6.45) is 3.39. The van der Waals surface area contributed by atoms with Gasteiger partial charge < -0.3 is 10.2 Å². The van der Waals surface area contributed by atoms with Crippen LogP contribution in [0.1, 0.15) is 40.2 Å². The molecule has 1 aliphatic carbocycles. The zero-order valence-electron chi connectivity index (χ0n) is 15.1. The van der Waals surface area contributed by atoms with E-state index in [0.29, 0.717) is 5.92 Å². The summed E-state index contributed by atoms with van der Waals surface area (Å²) >= 11 is 0. The first-order valence-corrected chi connectivity index (χ1v) is 8.14. The molecule has 0 bridgehead atoms. The number of nitrogens with zero attached hydrogens (tertiary/aromatic N) is 1. The lowest BCUT2D eigenvalue weighted by atomic mass is 9.93. The Morgan fingerprint density at radius 3 is 2.32 bits per heavy atom. The van der Waals surface area contributed by atoms with Gasteiger partial charge in [0, 0.05) is 31.0 Å². The molecule has 2 rings (SSSR count). The van der Waals surface area contributed by atoms with Crippen molar-refractivity contribution in [2.75, 3.05) is 19.4 Å². The molecule has 22 heavy (non-hydrogen) atoms. The number of hydrogen-bond acceptors (Lipinski definition) is 2. The number of nitrogens with one attached hydrogen (secondary N) is 1. The van der Waals surface area contributed by atoms with Gasteiger partial charge in [-0.05, 0) is 57.2 Å². The lowest BCUT2D eigenvalue weighted by Crippen LogP contribution is -2.26. The van der Waals surface area contributed by atoms with Gasteiger partial charge in [0.05, 0.1) is 0 Å². The molecule has 1 aromatic carbocycles. The van der Waals surface area contributed by atoms with Gasteiger partial charge in [-0.1, -0.05) is 36.8 Å². The molecule has 2 heteroatoms. The lowest BCUT2D eigenvalue weighted by Gasteiger charge is -2.25. The largest absolute Gasteiger partial charge is 0.380 e. The van der Waals surface area contributed by atoms with Crippen LogP contribution in [0.3, 0.4) is 0 Å². The van der Waals surface area contributed by atoms with E-state index >= 15 is 0 Å². The van der Waals surface area contributed by atoms with Crippen LogP contribution in [0.4, 0.5) is 5.69 Å². The molecule has 120 valence electrons. The maximum atomic E-state index is 3.64. The van der Waals surface area contributed by atoms with Gasteiger partial charge in [0.1, 0.15) is 0 Å². The van der Waals surface area contributed by atoms with Crippen LogP contribution in [0.2, 0.25) is 0 Å². The molecule has 1 atom stereocenters. The standard InChI is InChI=1S/C20H30N2/c1-14-12-19(22(6)7)15(2)17(14)13-16-10-8-9-11-18(16)21-20(3,4)5/h8-12,14,21H,13H2,1-7H3. The van der Waals surface area contributed by atoms with Crippen LogP contribution in [0.15, 0.2) is 47.2 Å². The van der Waals surface area contributed by atoms with E-state index < -0.39 is 0 Å². The lowest BCUT2D eigenvalue weighted by molar-refractivity contribution is 0.522. The first-order valence-electron chi connectivity index (χ1n) is 8.14. The summed E-state index contributed by atoms with van der Waals surface area (Å²) in [5.41, 5.74) is 7.04. The van der Waals surface area contributed by atoms with Crippen LogP contribution in [0, 0.1) is 5.92 Å². The highest BCUT2D eigenvalue weighted by Crippen LogP contribution is 2.35. The van der Waals surface area contributed by atoms with Crippen LogP contribution >= 0.6 is 0 Å². The minimum atomic E-state index is 0.0772. The van der Waals surface area contributed by atoms with Crippen molar-refractivity contribution in [3.8, 4) is 0 Å². The summed E-state index contributed by atoms with van der Waals surface area (Å²) in [5.74, 6) is 0.514. The van der Waals surface area contributed by atoms with E-state index in [0.717, 1.165) is 6.42 Å². The molecule has 1 aromatic rings. The Morgan fingerprint density at radius 2 is 1.77 bits per heavy atom. The van der Waals surface area contributed by atoms with E-state index in [9.17, 15) is 0 Å². The highest BCUT2D eigenvalue weighted by Gasteiger charge is 2.23. The van der Waals surface area contributed by atoms with Crippen LogP contribution in [-0.2, 0) is 6.42 Å². The smallest absolute Gasteiger partial charge is 0.0380 e. The fraction of sp³-hybridized carbons (Fsp3) is 0.500. The molecular weight excluding hydrogens is 268 g/mol. The second-order valence-corrected chi connectivity index (χ2v) is 7.59. The first kappa shape index (κ1) is 16.7. The average Bonchev–Trinajstić information content (AvgIpc) is 2.67. The Hall–Kier alpha value is -1.70. The van der Waals surface area contributed by atoms with Gasteiger partial charge in [0.25, 0.3) is 0 Å². The van der Waals surface area contributed by atoms with Crippen LogP contribution in [0.5, 0.6) is 0 Å². The maximum Gasteiger partial charge on any atom is 0.0380 e. The van der Waals surface area contributed by atoms with Crippen molar-refractivity contribution < 1.29 is 0 Å².